The highest BCUT2D eigenvalue weighted by molar-refractivity contribution is 5.88. The average molecular weight is 469 g/mol. The van der Waals surface area contributed by atoms with Gasteiger partial charge in [-0.25, -0.2) is 0 Å². The second-order valence-electron chi connectivity index (χ2n) is 8.40. The number of nitrogens with one attached hydrogen (secondary N) is 1. The molecule has 0 saturated carbocycles. The third-order valence-corrected chi connectivity index (χ3v) is 5.82. The van der Waals surface area contributed by atoms with Crippen molar-refractivity contribution in [2.75, 3.05) is 13.2 Å². The van der Waals surface area contributed by atoms with Crippen LogP contribution in [0.5, 0.6) is 11.5 Å². The summed E-state index contributed by atoms with van der Waals surface area (Å²) in [5, 5.41) is 3.05. The second-order valence-corrected chi connectivity index (χ2v) is 8.40. The highest BCUT2D eigenvalue weighted by atomic mass is 16.5. The molecule has 0 bridgehead atoms. The van der Waals surface area contributed by atoms with Gasteiger partial charge in [0, 0.05) is 19.0 Å². The van der Waals surface area contributed by atoms with Crippen molar-refractivity contribution < 1.29 is 19.1 Å². The van der Waals surface area contributed by atoms with Crippen molar-refractivity contribution in [3.8, 4) is 11.5 Å². The molecule has 0 aromatic heterocycles. The first kappa shape index (κ1) is 27.2. The maximum atomic E-state index is 13.5. The Morgan fingerprint density at radius 3 is 2.18 bits per heavy atom. The Labute approximate surface area is 204 Å². The Bertz CT molecular complexity index is 901. The number of amides is 2. The van der Waals surface area contributed by atoms with Crippen LogP contribution in [0.15, 0.2) is 48.5 Å². The number of benzene rings is 2. The van der Waals surface area contributed by atoms with E-state index in [1.54, 1.807) is 4.90 Å². The minimum atomic E-state index is -0.513. The number of carbonyl (C=O) groups is 2. The van der Waals surface area contributed by atoms with E-state index in [1.165, 1.54) is 0 Å². The largest absolute Gasteiger partial charge is 0.490 e. The van der Waals surface area contributed by atoms with Crippen molar-refractivity contribution >= 4 is 11.8 Å². The van der Waals surface area contributed by atoms with Crippen molar-refractivity contribution in [3.05, 3.63) is 59.7 Å². The molecule has 1 N–H and O–H groups in total. The molecule has 0 heterocycles. The zero-order chi connectivity index (χ0) is 24.9. The summed E-state index contributed by atoms with van der Waals surface area (Å²) < 4.78 is 11.4. The molecule has 0 saturated heterocycles. The molecule has 6 heteroatoms. The van der Waals surface area contributed by atoms with Gasteiger partial charge in [-0.2, -0.15) is 0 Å². The lowest BCUT2D eigenvalue weighted by molar-refractivity contribution is -0.141. The minimum Gasteiger partial charge on any atom is -0.490 e. The summed E-state index contributed by atoms with van der Waals surface area (Å²) in [7, 11) is 0. The predicted octanol–water partition coefficient (Wildman–Crippen LogP) is 5.14. The van der Waals surface area contributed by atoms with E-state index in [4.69, 9.17) is 9.47 Å². The number of ether oxygens (including phenoxy) is 2. The fourth-order valence-corrected chi connectivity index (χ4v) is 3.79. The van der Waals surface area contributed by atoms with Gasteiger partial charge in [-0.3, -0.25) is 9.59 Å². The molecule has 0 aliphatic rings. The van der Waals surface area contributed by atoms with Crippen molar-refractivity contribution in [2.24, 2.45) is 0 Å². The number of carbonyl (C=O) groups excluding carboxylic acids is 2. The fourth-order valence-electron chi connectivity index (χ4n) is 3.79. The molecule has 34 heavy (non-hydrogen) atoms. The van der Waals surface area contributed by atoms with Crippen LogP contribution in [0.4, 0.5) is 0 Å². The van der Waals surface area contributed by atoms with Gasteiger partial charge in [-0.15, -0.1) is 0 Å². The van der Waals surface area contributed by atoms with E-state index in [1.807, 2.05) is 83.1 Å². The number of hydrogen-bond donors (Lipinski definition) is 1. The lowest BCUT2D eigenvalue weighted by atomic mass is 10.1. The van der Waals surface area contributed by atoms with Crippen LogP contribution in [0, 0.1) is 0 Å². The van der Waals surface area contributed by atoms with Gasteiger partial charge in [-0.05, 0) is 63.3 Å². The molecule has 6 nitrogen and oxygen atoms in total. The second kappa shape index (κ2) is 14.3. The van der Waals surface area contributed by atoms with Gasteiger partial charge >= 0.3 is 0 Å². The zero-order valence-corrected chi connectivity index (χ0v) is 21.3. The standard InChI is InChI=1S/C28H40N2O4/c1-6-21(5)29-28(32)24(7-2)30(20-23-13-11-10-12-14-23)27(31)18-16-22-15-17-25(33-8-3)26(19-22)34-9-4/h10-15,17,19,21,24H,6-9,16,18,20H2,1-5H3,(H,29,32)/t21-,24+/m0/s1. The summed E-state index contributed by atoms with van der Waals surface area (Å²) >= 11 is 0. The smallest absolute Gasteiger partial charge is 0.243 e. The average Bonchev–Trinajstić information content (AvgIpc) is 2.84. The van der Waals surface area contributed by atoms with Gasteiger partial charge < -0.3 is 19.7 Å². The third-order valence-electron chi connectivity index (χ3n) is 5.82. The van der Waals surface area contributed by atoms with Crippen LogP contribution < -0.4 is 14.8 Å². The van der Waals surface area contributed by atoms with E-state index in [2.05, 4.69) is 5.32 Å². The van der Waals surface area contributed by atoms with Gasteiger partial charge in [-0.1, -0.05) is 50.2 Å². The van der Waals surface area contributed by atoms with Crippen LogP contribution in [0.25, 0.3) is 0 Å². The molecule has 2 aromatic carbocycles. The SMILES string of the molecule is CCOc1ccc(CCC(=O)N(Cc2ccccc2)[C@H](CC)C(=O)N[C@@H](C)CC)cc1OCC. The Balaban J connectivity index is 2.20. The first-order valence-electron chi connectivity index (χ1n) is 12.5. The normalized spacial score (nSPS) is 12.5. The number of nitrogens with zero attached hydrogens (tertiary/aromatic N) is 1. The minimum absolute atomic E-state index is 0.0400. The Morgan fingerprint density at radius 1 is 0.882 bits per heavy atom. The molecule has 0 unspecified atom stereocenters. The summed E-state index contributed by atoms with van der Waals surface area (Å²) in [5.74, 6) is 1.26. The fraction of sp³-hybridized carbons (Fsp3) is 0.500. The molecule has 0 fully saturated rings. The summed E-state index contributed by atoms with van der Waals surface area (Å²) in [4.78, 5) is 28.2. The summed E-state index contributed by atoms with van der Waals surface area (Å²) in [6, 6.07) is 15.2. The van der Waals surface area contributed by atoms with E-state index in [0.717, 1.165) is 17.5 Å². The van der Waals surface area contributed by atoms with Crippen LogP contribution in [0.3, 0.4) is 0 Å². The van der Waals surface area contributed by atoms with Crippen LogP contribution in [0.1, 0.15) is 65.0 Å². The van der Waals surface area contributed by atoms with Gasteiger partial charge in [0.1, 0.15) is 6.04 Å². The van der Waals surface area contributed by atoms with Crippen molar-refractivity contribution in [3.63, 3.8) is 0 Å². The Hall–Kier alpha value is -3.02. The maximum absolute atomic E-state index is 13.5. The molecular formula is C28H40N2O4. The van der Waals surface area contributed by atoms with E-state index in [0.29, 0.717) is 50.5 Å². The Kier molecular flexibility index (Phi) is 11.4. The lowest BCUT2D eigenvalue weighted by Gasteiger charge is -2.31. The predicted molar refractivity (Wildman–Crippen MR) is 136 cm³/mol. The molecule has 2 atom stereocenters. The van der Waals surface area contributed by atoms with Gasteiger partial charge in [0.15, 0.2) is 11.5 Å². The third kappa shape index (κ3) is 8.08. The molecule has 0 radical (unpaired) electrons. The molecule has 186 valence electrons. The van der Waals surface area contributed by atoms with Crippen LogP contribution in [-0.2, 0) is 22.6 Å². The molecular weight excluding hydrogens is 428 g/mol. The molecule has 0 aliphatic carbocycles. The van der Waals surface area contributed by atoms with E-state index < -0.39 is 6.04 Å². The lowest BCUT2D eigenvalue weighted by Crippen LogP contribution is -2.50. The first-order valence-corrected chi connectivity index (χ1v) is 12.5. The first-order chi connectivity index (χ1) is 16.4. The molecule has 2 amide bonds. The van der Waals surface area contributed by atoms with Crippen molar-refractivity contribution in [1.82, 2.24) is 10.2 Å². The molecule has 2 rings (SSSR count). The number of hydrogen-bond acceptors (Lipinski definition) is 4. The topological polar surface area (TPSA) is 67.9 Å². The summed E-state index contributed by atoms with van der Waals surface area (Å²) in [6.07, 6.45) is 2.26. The number of rotatable bonds is 14. The van der Waals surface area contributed by atoms with E-state index in [-0.39, 0.29) is 17.9 Å². The number of aryl methyl sites for hydroxylation is 1. The quantitative estimate of drug-likeness (QED) is 0.417. The molecule has 0 aliphatic heterocycles. The molecule has 0 spiro atoms. The van der Waals surface area contributed by atoms with E-state index >= 15 is 0 Å². The zero-order valence-electron chi connectivity index (χ0n) is 21.3. The molecule has 2 aromatic rings. The summed E-state index contributed by atoms with van der Waals surface area (Å²) in [5.41, 5.74) is 2.00. The van der Waals surface area contributed by atoms with Crippen molar-refractivity contribution in [1.29, 1.82) is 0 Å². The van der Waals surface area contributed by atoms with Crippen LogP contribution in [-0.4, -0.2) is 42.0 Å². The monoisotopic (exact) mass is 468 g/mol. The van der Waals surface area contributed by atoms with E-state index in [9.17, 15) is 9.59 Å². The summed E-state index contributed by atoms with van der Waals surface area (Å²) in [6.45, 7) is 11.3. The van der Waals surface area contributed by atoms with Crippen LogP contribution in [0.2, 0.25) is 0 Å². The van der Waals surface area contributed by atoms with Crippen LogP contribution >= 0.6 is 0 Å². The van der Waals surface area contributed by atoms with Crippen molar-refractivity contribution in [2.45, 2.75) is 78.9 Å². The maximum Gasteiger partial charge on any atom is 0.243 e. The van der Waals surface area contributed by atoms with Gasteiger partial charge in [0.25, 0.3) is 0 Å². The van der Waals surface area contributed by atoms with Gasteiger partial charge in [0.2, 0.25) is 11.8 Å². The highest BCUT2D eigenvalue weighted by Crippen LogP contribution is 2.29. The Morgan fingerprint density at radius 2 is 1.56 bits per heavy atom. The highest BCUT2D eigenvalue weighted by Gasteiger charge is 2.29. The van der Waals surface area contributed by atoms with Gasteiger partial charge in [0.05, 0.1) is 13.2 Å².